The van der Waals surface area contributed by atoms with Gasteiger partial charge in [0.25, 0.3) is 0 Å². The first-order chi connectivity index (χ1) is 6.20. The molecule has 1 heterocycles. The van der Waals surface area contributed by atoms with E-state index in [1.807, 2.05) is 0 Å². The molecule has 0 fully saturated rings. The van der Waals surface area contributed by atoms with Gasteiger partial charge in [-0.05, 0) is 22.0 Å². The molecule has 1 aromatic heterocycles. The van der Waals surface area contributed by atoms with E-state index in [0.717, 1.165) is 0 Å². The number of benzene rings is 1. The summed E-state index contributed by atoms with van der Waals surface area (Å²) in [6.45, 7) is 0. The van der Waals surface area contributed by atoms with Crippen LogP contribution < -0.4 is 4.90 Å². The Morgan fingerprint density at radius 3 is 2.77 bits per heavy atom. The molecule has 0 aliphatic heterocycles. The molecule has 0 unspecified atom stereocenters. The lowest BCUT2D eigenvalue weighted by molar-refractivity contribution is 1.15. The summed E-state index contributed by atoms with van der Waals surface area (Å²) in [6.07, 6.45) is 0. The summed E-state index contributed by atoms with van der Waals surface area (Å²) in [7, 11) is 4.14. The predicted molar refractivity (Wildman–Crippen MR) is 63.9 cm³/mol. The lowest BCUT2D eigenvalue weighted by atomic mass is 10.2. The molecular formula is C10H10BrNS. The second-order valence-corrected chi connectivity index (χ2v) is 4.87. The van der Waals surface area contributed by atoms with Gasteiger partial charge < -0.3 is 4.90 Å². The Morgan fingerprint density at radius 1 is 1.31 bits per heavy atom. The van der Waals surface area contributed by atoms with Crippen LogP contribution in [0.3, 0.4) is 0 Å². The maximum atomic E-state index is 3.55. The van der Waals surface area contributed by atoms with Crippen LogP contribution in [-0.4, -0.2) is 14.1 Å². The fourth-order valence-corrected chi connectivity index (χ4v) is 3.05. The third-order valence-corrected chi connectivity index (χ3v) is 3.95. The lowest BCUT2D eigenvalue weighted by Crippen LogP contribution is -2.07. The molecule has 0 atom stereocenters. The molecule has 2 aromatic rings. The van der Waals surface area contributed by atoms with E-state index < -0.39 is 0 Å². The predicted octanol–water partition coefficient (Wildman–Crippen LogP) is 3.73. The smallest absolute Gasteiger partial charge is 0.0550 e. The van der Waals surface area contributed by atoms with Gasteiger partial charge in [-0.25, -0.2) is 0 Å². The van der Waals surface area contributed by atoms with Crippen molar-refractivity contribution in [2.75, 3.05) is 19.0 Å². The second-order valence-electron chi connectivity index (χ2n) is 3.13. The van der Waals surface area contributed by atoms with Crippen LogP contribution in [0.15, 0.2) is 28.1 Å². The quantitative estimate of drug-likeness (QED) is 0.751. The molecule has 0 saturated heterocycles. The van der Waals surface area contributed by atoms with Crippen LogP contribution in [0.25, 0.3) is 10.1 Å². The van der Waals surface area contributed by atoms with E-state index in [2.05, 4.69) is 58.5 Å². The molecule has 1 aromatic carbocycles. The third-order valence-electron chi connectivity index (χ3n) is 2.01. The van der Waals surface area contributed by atoms with Crippen LogP contribution in [0.1, 0.15) is 0 Å². The molecule has 68 valence electrons. The normalized spacial score (nSPS) is 10.7. The van der Waals surface area contributed by atoms with E-state index in [-0.39, 0.29) is 0 Å². The fourth-order valence-electron chi connectivity index (χ4n) is 1.35. The summed E-state index contributed by atoms with van der Waals surface area (Å²) < 4.78 is 2.51. The van der Waals surface area contributed by atoms with Crippen LogP contribution in [0.2, 0.25) is 0 Å². The molecule has 2 rings (SSSR count). The number of hydrogen-bond donors (Lipinski definition) is 0. The number of rotatable bonds is 1. The molecule has 13 heavy (non-hydrogen) atoms. The van der Waals surface area contributed by atoms with E-state index >= 15 is 0 Å². The van der Waals surface area contributed by atoms with Crippen LogP contribution in [0.4, 0.5) is 5.69 Å². The van der Waals surface area contributed by atoms with Crippen molar-refractivity contribution in [1.82, 2.24) is 0 Å². The topological polar surface area (TPSA) is 3.24 Å². The van der Waals surface area contributed by atoms with Gasteiger partial charge >= 0.3 is 0 Å². The number of anilines is 1. The average molecular weight is 256 g/mol. The van der Waals surface area contributed by atoms with Crippen LogP contribution in [-0.2, 0) is 0 Å². The van der Waals surface area contributed by atoms with Gasteiger partial charge in [0, 0.05) is 29.3 Å². The number of fused-ring (bicyclic) bond motifs is 1. The first-order valence-corrected chi connectivity index (χ1v) is 5.70. The number of nitrogens with zero attached hydrogens (tertiary/aromatic N) is 1. The summed E-state index contributed by atoms with van der Waals surface area (Å²) >= 11 is 5.33. The van der Waals surface area contributed by atoms with Crippen LogP contribution >= 0.6 is 27.3 Å². The molecule has 0 bridgehead atoms. The summed E-state index contributed by atoms with van der Waals surface area (Å²) in [6, 6.07) is 6.32. The third kappa shape index (κ3) is 1.46. The Kier molecular flexibility index (Phi) is 2.30. The van der Waals surface area contributed by atoms with Crippen molar-refractivity contribution in [2.45, 2.75) is 0 Å². The van der Waals surface area contributed by atoms with Gasteiger partial charge in [-0.15, -0.1) is 11.3 Å². The zero-order valence-electron chi connectivity index (χ0n) is 7.54. The number of hydrogen-bond acceptors (Lipinski definition) is 2. The van der Waals surface area contributed by atoms with E-state index in [0.29, 0.717) is 0 Å². The van der Waals surface area contributed by atoms with Crippen molar-refractivity contribution < 1.29 is 0 Å². The molecule has 0 saturated carbocycles. The Morgan fingerprint density at radius 2 is 2.08 bits per heavy atom. The molecule has 0 spiro atoms. The van der Waals surface area contributed by atoms with Crippen LogP contribution in [0, 0.1) is 0 Å². The van der Waals surface area contributed by atoms with Gasteiger partial charge in [0.1, 0.15) is 0 Å². The SMILES string of the molecule is CN(C)c1csc2c(Br)cccc12. The molecular weight excluding hydrogens is 246 g/mol. The Bertz CT molecular complexity index is 433. The highest BCUT2D eigenvalue weighted by Crippen LogP contribution is 2.36. The Labute approximate surface area is 90.1 Å². The highest BCUT2D eigenvalue weighted by atomic mass is 79.9. The molecule has 1 nitrogen and oxygen atoms in total. The maximum absolute atomic E-state index is 3.55. The van der Waals surface area contributed by atoms with Crippen molar-refractivity contribution in [2.24, 2.45) is 0 Å². The van der Waals surface area contributed by atoms with Crippen molar-refractivity contribution in [3.8, 4) is 0 Å². The van der Waals surface area contributed by atoms with Crippen molar-refractivity contribution in [3.05, 3.63) is 28.1 Å². The Balaban J connectivity index is 2.75. The molecule has 3 heteroatoms. The van der Waals surface area contributed by atoms with E-state index in [1.54, 1.807) is 11.3 Å². The largest absolute Gasteiger partial charge is 0.376 e. The van der Waals surface area contributed by atoms with Gasteiger partial charge in [0.15, 0.2) is 0 Å². The van der Waals surface area contributed by atoms with E-state index in [4.69, 9.17) is 0 Å². The highest BCUT2D eigenvalue weighted by molar-refractivity contribution is 9.10. The summed E-state index contributed by atoms with van der Waals surface area (Å²) in [5.74, 6) is 0. The van der Waals surface area contributed by atoms with Gasteiger partial charge in [-0.3, -0.25) is 0 Å². The average Bonchev–Trinajstić information content (AvgIpc) is 2.48. The zero-order chi connectivity index (χ0) is 9.42. The maximum Gasteiger partial charge on any atom is 0.0550 e. The molecule has 0 aliphatic carbocycles. The van der Waals surface area contributed by atoms with Gasteiger partial charge in [-0.1, -0.05) is 12.1 Å². The first kappa shape index (κ1) is 9.03. The molecule has 0 amide bonds. The molecule has 0 aliphatic rings. The minimum atomic E-state index is 1.18. The summed E-state index contributed by atoms with van der Waals surface area (Å²) in [4.78, 5) is 2.14. The van der Waals surface area contributed by atoms with Crippen molar-refractivity contribution >= 4 is 43.0 Å². The minimum Gasteiger partial charge on any atom is -0.376 e. The van der Waals surface area contributed by atoms with E-state index in [1.165, 1.54) is 20.2 Å². The first-order valence-electron chi connectivity index (χ1n) is 4.03. The number of halogens is 1. The standard InChI is InChI=1S/C10H10BrNS/c1-12(2)9-6-13-10-7(9)4-3-5-8(10)11/h3-6H,1-2H3. The minimum absolute atomic E-state index is 1.18. The van der Waals surface area contributed by atoms with Gasteiger partial charge in [0.05, 0.1) is 10.4 Å². The van der Waals surface area contributed by atoms with Gasteiger partial charge in [-0.2, -0.15) is 0 Å². The van der Waals surface area contributed by atoms with E-state index in [9.17, 15) is 0 Å². The molecule has 0 radical (unpaired) electrons. The number of thiophene rings is 1. The molecule has 0 N–H and O–H groups in total. The lowest BCUT2D eigenvalue weighted by Gasteiger charge is -2.10. The summed E-state index contributed by atoms with van der Waals surface area (Å²) in [5, 5.41) is 3.51. The fraction of sp³-hybridized carbons (Fsp3) is 0.200. The Hall–Kier alpha value is -0.540. The summed E-state index contributed by atoms with van der Waals surface area (Å²) in [5.41, 5.74) is 1.29. The van der Waals surface area contributed by atoms with Gasteiger partial charge in [0.2, 0.25) is 0 Å². The van der Waals surface area contributed by atoms with Crippen molar-refractivity contribution in [1.29, 1.82) is 0 Å². The second kappa shape index (κ2) is 3.31. The monoisotopic (exact) mass is 255 g/mol. The van der Waals surface area contributed by atoms with Crippen molar-refractivity contribution in [3.63, 3.8) is 0 Å². The van der Waals surface area contributed by atoms with Crippen LogP contribution in [0.5, 0.6) is 0 Å². The highest BCUT2D eigenvalue weighted by Gasteiger charge is 2.06. The zero-order valence-corrected chi connectivity index (χ0v) is 9.95.